The standard InChI is InChI=1S/C13H26N2O2/c1-4-14(5-2)10-11-15-9-7-8-12(15)13(16)17-6-3/h12H,4-11H2,1-3H3. The van der Waals surface area contributed by atoms with Crippen molar-refractivity contribution in [3.05, 3.63) is 0 Å². The second-order valence-electron chi connectivity index (χ2n) is 4.47. The second-order valence-corrected chi connectivity index (χ2v) is 4.47. The van der Waals surface area contributed by atoms with Gasteiger partial charge in [0.05, 0.1) is 6.61 Å². The monoisotopic (exact) mass is 242 g/mol. The number of rotatable bonds is 7. The Morgan fingerprint density at radius 1 is 1.35 bits per heavy atom. The molecule has 1 aliphatic rings. The van der Waals surface area contributed by atoms with E-state index < -0.39 is 0 Å². The number of ether oxygens (including phenoxy) is 1. The largest absolute Gasteiger partial charge is 0.465 e. The summed E-state index contributed by atoms with van der Waals surface area (Å²) in [6.45, 7) is 11.9. The van der Waals surface area contributed by atoms with Crippen molar-refractivity contribution in [3.63, 3.8) is 0 Å². The molecule has 0 aromatic carbocycles. The number of likely N-dealkylation sites (tertiary alicyclic amines) is 1. The van der Waals surface area contributed by atoms with Crippen LogP contribution in [0.25, 0.3) is 0 Å². The summed E-state index contributed by atoms with van der Waals surface area (Å²) in [7, 11) is 0. The summed E-state index contributed by atoms with van der Waals surface area (Å²) in [6, 6.07) is 0.00510. The van der Waals surface area contributed by atoms with Crippen LogP contribution in [-0.4, -0.2) is 61.1 Å². The number of hydrogen-bond donors (Lipinski definition) is 0. The zero-order valence-corrected chi connectivity index (χ0v) is 11.4. The molecule has 4 heteroatoms. The van der Waals surface area contributed by atoms with Gasteiger partial charge in [0.25, 0.3) is 0 Å². The number of carbonyl (C=O) groups is 1. The minimum atomic E-state index is -0.0375. The topological polar surface area (TPSA) is 32.8 Å². The van der Waals surface area contributed by atoms with E-state index in [4.69, 9.17) is 4.74 Å². The molecule has 0 spiro atoms. The summed E-state index contributed by atoms with van der Waals surface area (Å²) in [5, 5.41) is 0. The van der Waals surface area contributed by atoms with Gasteiger partial charge in [-0.05, 0) is 39.4 Å². The summed E-state index contributed by atoms with van der Waals surface area (Å²) < 4.78 is 5.12. The fraction of sp³-hybridized carbons (Fsp3) is 0.923. The predicted octanol–water partition coefficient (Wildman–Crippen LogP) is 1.36. The van der Waals surface area contributed by atoms with Crippen LogP contribution >= 0.6 is 0 Å². The summed E-state index contributed by atoms with van der Waals surface area (Å²) in [4.78, 5) is 16.4. The van der Waals surface area contributed by atoms with Crippen molar-refractivity contribution in [3.8, 4) is 0 Å². The third-order valence-electron chi connectivity index (χ3n) is 3.52. The van der Waals surface area contributed by atoms with Crippen molar-refractivity contribution in [1.82, 2.24) is 9.80 Å². The Labute approximate surface area is 105 Å². The highest BCUT2D eigenvalue weighted by Crippen LogP contribution is 2.18. The van der Waals surface area contributed by atoms with Crippen molar-refractivity contribution >= 4 is 5.97 Å². The summed E-state index contributed by atoms with van der Waals surface area (Å²) in [6.07, 6.45) is 2.07. The number of esters is 1. The van der Waals surface area contributed by atoms with Crippen LogP contribution in [0.15, 0.2) is 0 Å². The quantitative estimate of drug-likeness (QED) is 0.631. The lowest BCUT2D eigenvalue weighted by Gasteiger charge is -2.26. The van der Waals surface area contributed by atoms with Crippen molar-refractivity contribution < 1.29 is 9.53 Å². The third-order valence-corrected chi connectivity index (χ3v) is 3.52. The minimum Gasteiger partial charge on any atom is -0.465 e. The van der Waals surface area contributed by atoms with Crippen LogP contribution in [0.5, 0.6) is 0 Å². The van der Waals surface area contributed by atoms with Gasteiger partial charge in [-0.2, -0.15) is 0 Å². The van der Waals surface area contributed by atoms with Gasteiger partial charge in [0, 0.05) is 13.1 Å². The Morgan fingerprint density at radius 2 is 2.06 bits per heavy atom. The molecule has 0 aromatic rings. The first-order valence-electron chi connectivity index (χ1n) is 6.85. The van der Waals surface area contributed by atoms with Gasteiger partial charge in [0.2, 0.25) is 0 Å². The van der Waals surface area contributed by atoms with E-state index in [2.05, 4.69) is 23.6 Å². The maximum absolute atomic E-state index is 11.8. The van der Waals surface area contributed by atoms with Gasteiger partial charge in [0.1, 0.15) is 6.04 Å². The van der Waals surface area contributed by atoms with Gasteiger partial charge < -0.3 is 9.64 Å². The van der Waals surface area contributed by atoms with Crippen LogP contribution in [0.2, 0.25) is 0 Å². The van der Waals surface area contributed by atoms with Crippen molar-refractivity contribution in [2.75, 3.05) is 39.3 Å². The summed E-state index contributed by atoms with van der Waals surface area (Å²) >= 11 is 0. The van der Waals surface area contributed by atoms with Crippen LogP contribution in [0.4, 0.5) is 0 Å². The zero-order chi connectivity index (χ0) is 12.7. The molecule has 1 atom stereocenters. The van der Waals surface area contributed by atoms with E-state index in [1.807, 2.05) is 6.92 Å². The second kappa shape index (κ2) is 7.67. The number of nitrogens with zero attached hydrogens (tertiary/aromatic N) is 2. The first kappa shape index (κ1) is 14.5. The van der Waals surface area contributed by atoms with E-state index >= 15 is 0 Å². The van der Waals surface area contributed by atoms with Gasteiger partial charge in [-0.25, -0.2) is 0 Å². The molecule has 0 amide bonds. The SMILES string of the molecule is CCOC(=O)C1CCCN1CCN(CC)CC. The molecule has 4 nitrogen and oxygen atoms in total. The molecule has 100 valence electrons. The number of carbonyl (C=O) groups excluding carboxylic acids is 1. The predicted molar refractivity (Wildman–Crippen MR) is 69.0 cm³/mol. The van der Waals surface area contributed by atoms with E-state index in [-0.39, 0.29) is 12.0 Å². The van der Waals surface area contributed by atoms with Crippen molar-refractivity contribution in [1.29, 1.82) is 0 Å². The Morgan fingerprint density at radius 3 is 2.65 bits per heavy atom. The van der Waals surface area contributed by atoms with E-state index in [0.717, 1.165) is 45.6 Å². The fourth-order valence-corrected chi connectivity index (χ4v) is 2.41. The molecule has 1 heterocycles. The molecule has 0 aromatic heterocycles. The first-order valence-corrected chi connectivity index (χ1v) is 6.85. The Hall–Kier alpha value is -0.610. The highest BCUT2D eigenvalue weighted by molar-refractivity contribution is 5.76. The molecular formula is C13H26N2O2. The molecule has 17 heavy (non-hydrogen) atoms. The minimum absolute atomic E-state index is 0.00510. The van der Waals surface area contributed by atoms with Gasteiger partial charge in [-0.1, -0.05) is 13.8 Å². The Bertz CT molecular complexity index is 229. The average Bonchev–Trinajstić information content (AvgIpc) is 2.79. The lowest BCUT2D eigenvalue weighted by molar-refractivity contribution is -0.148. The van der Waals surface area contributed by atoms with Gasteiger partial charge in [-0.3, -0.25) is 9.69 Å². The van der Waals surface area contributed by atoms with Gasteiger partial charge in [0.15, 0.2) is 0 Å². The maximum Gasteiger partial charge on any atom is 0.323 e. The molecule has 0 bridgehead atoms. The van der Waals surface area contributed by atoms with Gasteiger partial charge in [-0.15, -0.1) is 0 Å². The lowest BCUT2D eigenvalue weighted by Crippen LogP contribution is -2.42. The molecule has 1 saturated heterocycles. The van der Waals surface area contributed by atoms with E-state index in [0.29, 0.717) is 6.61 Å². The van der Waals surface area contributed by atoms with Gasteiger partial charge >= 0.3 is 5.97 Å². The lowest BCUT2D eigenvalue weighted by atomic mass is 10.2. The molecule has 1 fully saturated rings. The fourth-order valence-electron chi connectivity index (χ4n) is 2.41. The first-order chi connectivity index (χ1) is 8.22. The highest BCUT2D eigenvalue weighted by atomic mass is 16.5. The smallest absolute Gasteiger partial charge is 0.323 e. The summed E-state index contributed by atoms with van der Waals surface area (Å²) in [5.74, 6) is -0.0375. The molecule has 0 radical (unpaired) electrons. The number of likely N-dealkylation sites (N-methyl/N-ethyl adjacent to an activating group) is 1. The molecule has 0 saturated carbocycles. The number of hydrogen-bond acceptors (Lipinski definition) is 4. The Kier molecular flexibility index (Phi) is 6.52. The van der Waals surface area contributed by atoms with Crippen molar-refractivity contribution in [2.45, 2.75) is 39.7 Å². The third kappa shape index (κ3) is 4.28. The highest BCUT2D eigenvalue weighted by Gasteiger charge is 2.31. The maximum atomic E-state index is 11.8. The summed E-state index contributed by atoms with van der Waals surface area (Å²) in [5.41, 5.74) is 0. The molecule has 0 aliphatic carbocycles. The van der Waals surface area contributed by atoms with Crippen LogP contribution in [0, 0.1) is 0 Å². The molecular weight excluding hydrogens is 216 g/mol. The Balaban J connectivity index is 2.38. The molecule has 1 unspecified atom stereocenters. The van der Waals surface area contributed by atoms with Crippen LogP contribution in [-0.2, 0) is 9.53 Å². The molecule has 1 rings (SSSR count). The van der Waals surface area contributed by atoms with E-state index in [1.165, 1.54) is 0 Å². The van der Waals surface area contributed by atoms with Crippen LogP contribution in [0.3, 0.4) is 0 Å². The van der Waals surface area contributed by atoms with E-state index in [1.54, 1.807) is 0 Å². The van der Waals surface area contributed by atoms with Crippen LogP contribution in [0.1, 0.15) is 33.6 Å². The molecule has 0 N–H and O–H groups in total. The van der Waals surface area contributed by atoms with Crippen LogP contribution < -0.4 is 0 Å². The average molecular weight is 242 g/mol. The van der Waals surface area contributed by atoms with E-state index in [9.17, 15) is 4.79 Å². The van der Waals surface area contributed by atoms with Crippen molar-refractivity contribution in [2.24, 2.45) is 0 Å². The molecule has 1 aliphatic heterocycles. The normalized spacial score (nSPS) is 21.1. The zero-order valence-electron chi connectivity index (χ0n) is 11.4.